The molecule has 0 saturated carbocycles. The summed E-state index contributed by atoms with van der Waals surface area (Å²) in [6.45, 7) is 5.30. The van der Waals surface area contributed by atoms with Crippen LogP contribution >= 0.6 is 0 Å². The molecule has 1 aromatic heterocycles. The maximum atomic E-state index is 13.8. The standard InChI is InChI=1S/C20H23FN2O4/c1-12(2)6-9-27-17-7-8-26-11-16(17)23-20(25)14-10-22-18-13(19(14)24)4-3-5-15(18)21/h3-6,10,16-17H,7-9,11H2,1-2H3,(H,22,24)(H,23,25)/t16-,17+/m0/s1. The van der Waals surface area contributed by atoms with Crippen LogP contribution in [0.1, 0.15) is 30.6 Å². The summed E-state index contributed by atoms with van der Waals surface area (Å²) in [5, 5.41) is 2.96. The molecule has 3 rings (SSSR count). The van der Waals surface area contributed by atoms with Crippen LogP contribution < -0.4 is 10.7 Å². The zero-order valence-electron chi connectivity index (χ0n) is 15.4. The molecule has 6 nitrogen and oxygen atoms in total. The molecule has 0 spiro atoms. The summed E-state index contributed by atoms with van der Waals surface area (Å²) >= 11 is 0. The Morgan fingerprint density at radius 2 is 2.26 bits per heavy atom. The zero-order chi connectivity index (χ0) is 19.4. The molecule has 0 radical (unpaired) electrons. The van der Waals surface area contributed by atoms with E-state index < -0.39 is 17.2 Å². The van der Waals surface area contributed by atoms with Gasteiger partial charge in [0.1, 0.15) is 11.4 Å². The summed E-state index contributed by atoms with van der Waals surface area (Å²) in [6.07, 6.45) is 3.67. The number of rotatable bonds is 5. The van der Waals surface area contributed by atoms with Crippen LogP contribution in [0.5, 0.6) is 0 Å². The second-order valence-corrected chi connectivity index (χ2v) is 6.79. The fourth-order valence-electron chi connectivity index (χ4n) is 3.02. The Bertz CT molecular complexity index is 918. The molecular weight excluding hydrogens is 351 g/mol. The highest BCUT2D eigenvalue weighted by Crippen LogP contribution is 2.15. The minimum Gasteiger partial charge on any atom is -0.379 e. The van der Waals surface area contributed by atoms with E-state index in [1.165, 1.54) is 24.4 Å². The first-order valence-electron chi connectivity index (χ1n) is 8.91. The summed E-state index contributed by atoms with van der Waals surface area (Å²) in [7, 11) is 0. The third-order valence-electron chi connectivity index (χ3n) is 4.52. The molecule has 1 aromatic carbocycles. The third kappa shape index (κ3) is 4.43. The fourth-order valence-corrected chi connectivity index (χ4v) is 3.02. The number of carbonyl (C=O) groups excluding carboxylic acids is 1. The lowest BCUT2D eigenvalue weighted by molar-refractivity contribution is -0.0457. The number of halogens is 1. The van der Waals surface area contributed by atoms with Crippen LogP contribution in [0.15, 0.2) is 40.8 Å². The number of H-pyrrole nitrogens is 1. The number of fused-ring (bicyclic) bond motifs is 1. The van der Waals surface area contributed by atoms with E-state index in [2.05, 4.69) is 10.3 Å². The molecule has 2 heterocycles. The SMILES string of the molecule is CC(C)=CCO[C@@H]1CCOC[C@@H]1NC(=O)c1c[nH]c2c(F)cccc2c1=O. The van der Waals surface area contributed by atoms with E-state index in [0.717, 1.165) is 5.57 Å². The van der Waals surface area contributed by atoms with Crippen molar-refractivity contribution in [3.63, 3.8) is 0 Å². The number of hydrogen-bond donors (Lipinski definition) is 2. The molecule has 2 atom stereocenters. The third-order valence-corrected chi connectivity index (χ3v) is 4.52. The maximum absolute atomic E-state index is 13.8. The van der Waals surface area contributed by atoms with Crippen molar-refractivity contribution in [3.05, 3.63) is 57.6 Å². The summed E-state index contributed by atoms with van der Waals surface area (Å²) in [5.74, 6) is -1.07. The molecule has 1 saturated heterocycles. The molecule has 144 valence electrons. The average molecular weight is 374 g/mol. The predicted molar refractivity (Wildman–Crippen MR) is 100 cm³/mol. The summed E-state index contributed by atoms with van der Waals surface area (Å²) in [6, 6.07) is 3.82. The van der Waals surface area contributed by atoms with Gasteiger partial charge in [-0.25, -0.2) is 4.39 Å². The van der Waals surface area contributed by atoms with Gasteiger partial charge in [-0.1, -0.05) is 17.7 Å². The second-order valence-electron chi connectivity index (χ2n) is 6.79. The highest BCUT2D eigenvalue weighted by Gasteiger charge is 2.29. The number of amides is 1. The van der Waals surface area contributed by atoms with Crippen LogP contribution in [-0.2, 0) is 9.47 Å². The number of aromatic amines is 1. The minimum absolute atomic E-state index is 0.0679. The van der Waals surface area contributed by atoms with E-state index in [1.807, 2.05) is 19.9 Å². The van der Waals surface area contributed by atoms with Gasteiger partial charge in [-0.2, -0.15) is 0 Å². The van der Waals surface area contributed by atoms with Gasteiger partial charge in [-0.15, -0.1) is 0 Å². The van der Waals surface area contributed by atoms with Crippen molar-refractivity contribution in [1.82, 2.24) is 10.3 Å². The van der Waals surface area contributed by atoms with Gasteiger partial charge in [0.2, 0.25) is 5.43 Å². The summed E-state index contributed by atoms with van der Waals surface area (Å²) in [5.41, 5.74) is 0.654. The number of para-hydroxylation sites is 1. The molecule has 1 fully saturated rings. The summed E-state index contributed by atoms with van der Waals surface area (Å²) < 4.78 is 25.1. The van der Waals surface area contributed by atoms with Crippen molar-refractivity contribution < 1.29 is 18.7 Å². The van der Waals surface area contributed by atoms with Gasteiger partial charge in [0, 0.05) is 18.2 Å². The smallest absolute Gasteiger partial charge is 0.257 e. The zero-order valence-corrected chi connectivity index (χ0v) is 15.4. The minimum atomic E-state index is -0.537. The first-order chi connectivity index (χ1) is 13.0. The predicted octanol–water partition coefficient (Wildman–Crippen LogP) is 2.54. The van der Waals surface area contributed by atoms with Gasteiger partial charge < -0.3 is 19.8 Å². The van der Waals surface area contributed by atoms with E-state index in [4.69, 9.17) is 9.47 Å². The van der Waals surface area contributed by atoms with Gasteiger partial charge in [0.25, 0.3) is 5.91 Å². The van der Waals surface area contributed by atoms with Crippen molar-refractivity contribution in [3.8, 4) is 0 Å². The fraction of sp³-hybridized carbons (Fsp3) is 0.400. The van der Waals surface area contributed by atoms with E-state index in [9.17, 15) is 14.0 Å². The number of allylic oxidation sites excluding steroid dienone is 1. The number of carbonyl (C=O) groups is 1. The van der Waals surface area contributed by atoms with Crippen LogP contribution in [0.3, 0.4) is 0 Å². The first kappa shape index (κ1) is 19.3. The monoisotopic (exact) mass is 374 g/mol. The summed E-state index contributed by atoms with van der Waals surface area (Å²) in [4.78, 5) is 27.9. The van der Waals surface area contributed by atoms with Crippen LogP contribution in [-0.4, -0.2) is 42.9 Å². The molecular formula is C20H23FN2O4. The van der Waals surface area contributed by atoms with E-state index in [1.54, 1.807) is 0 Å². The average Bonchev–Trinajstić information content (AvgIpc) is 2.64. The van der Waals surface area contributed by atoms with Gasteiger partial charge in [0.15, 0.2) is 0 Å². The maximum Gasteiger partial charge on any atom is 0.257 e. The normalized spacial score (nSPS) is 19.7. The molecule has 1 amide bonds. The van der Waals surface area contributed by atoms with Crippen molar-refractivity contribution in [2.24, 2.45) is 0 Å². The van der Waals surface area contributed by atoms with Crippen molar-refractivity contribution in [1.29, 1.82) is 0 Å². The molecule has 7 heteroatoms. The number of benzene rings is 1. The molecule has 1 aliphatic rings. The molecule has 2 aromatic rings. The lowest BCUT2D eigenvalue weighted by Gasteiger charge is -2.31. The van der Waals surface area contributed by atoms with Crippen LogP contribution in [0.25, 0.3) is 10.9 Å². The Labute approximate surface area is 156 Å². The Hall–Kier alpha value is -2.51. The second kappa shape index (κ2) is 8.45. The Kier molecular flexibility index (Phi) is 6.03. The lowest BCUT2D eigenvalue weighted by Crippen LogP contribution is -2.51. The Morgan fingerprint density at radius 1 is 1.44 bits per heavy atom. The number of pyridine rings is 1. The Morgan fingerprint density at radius 3 is 3.04 bits per heavy atom. The number of aromatic nitrogens is 1. The molecule has 0 unspecified atom stereocenters. The van der Waals surface area contributed by atoms with Crippen LogP contribution in [0.2, 0.25) is 0 Å². The van der Waals surface area contributed by atoms with E-state index in [-0.39, 0.29) is 28.6 Å². The van der Waals surface area contributed by atoms with Gasteiger partial charge in [0.05, 0.1) is 30.9 Å². The Balaban J connectivity index is 1.77. The molecule has 0 aliphatic carbocycles. The van der Waals surface area contributed by atoms with E-state index >= 15 is 0 Å². The highest BCUT2D eigenvalue weighted by atomic mass is 19.1. The van der Waals surface area contributed by atoms with Crippen molar-refractivity contribution in [2.45, 2.75) is 32.4 Å². The lowest BCUT2D eigenvalue weighted by atomic mass is 10.1. The molecule has 2 N–H and O–H groups in total. The van der Waals surface area contributed by atoms with Crippen LogP contribution in [0, 0.1) is 5.82 Å². The van der Waals surface area contributed by atoms with E-state index in [0.29, 0.717) is 26.2 Å². The van der Waals surface area contributed by atoms with Gasteiger partial charge in [-0.3, -0.25) is 9.59 Å². The van der Waals surface area contributed by atoms with Gasteiger partial charge in [-0.05, 0) is 32.4 Å². The highest BCUT2D eigenvalue weighted by molar-refractivity contribution is 5.97. The van der Waals surface area contributed by atoms with Crippen molar-refractivity contribution in [2.75, 3.05) is 19.8 Å². The quantitative estimate of drug-likeness (QED) is 0.788. The molecule has 0 bridgehead atoms. The number of nitrogens with one attached hydrogen (secondary N) is 2. The van der Waals surface area contributed by atoms with Crippen LogP contribution in [0.4, 0.5) is 4.39 Å². The number of hydrogen-bond acceptors (Lipinski definition) is 4. The molecule has 27 heavy (non-hydrogen) atoms. The van der Waals surface area contributed by atoms with Gasteiger partial charge >= 0.3 is 0 Å². The first-order valence-corrected chi connectivity index (χ1v) is 8.91. The largest absolute Gasteiger partial charge is 0.379 e. The van der Waals surface area contributed by atoms with Crippen molar-refractivity contribution >= 4 is 16.8 Å². The number of ether oxygens (including phenoxy) is 2. The topological polar surface area (TPSA) is 80.4 Å². The molecule has 1 aliphatic heterocycles.